The molecule has 0 aromatic carbocycles. The SMILES string of the molecule is CC(=O)N[C@@H](C)C(=O)N[C@@H](C)C(=O)N[C@@H](C)C(=O)N[C@@H](C)C(=O)N[C@@H](C)C(=O)N[C@@H](C)C(=O)N[C@@H](C)C(=O)NCC(=O)N[C@@H](C)C(=O)N[C@@H](C)C(=O)N[C@@H](C)C(=O)N[C@@H](CC(C)C)C(=O)N[C@@H](C)C(=O)N[C@@H](C)C(=O)N[C@@H](C)C(=O)O. The Hall–Kier alpha value is -8.48. The predicted octanol–water partition coefficient (Wildman–Crippen LogP) is -6.70. The van der Waals surface area contributed by atoms with Crippen molar-refractivity contribution in [2.75, 3.05) is 6.54 Å². The van der Waals surface area contributed by atoms with Crippen molar-refractivity contribution in [3.63, 3.8) is 0 Å². The Kier molecular flexibility index (Phi) is 30.9. The first kappa shape index (κ1) is 72.5. The molecule has 0 heterocycles. The molecule has 16 N–H and O–H groups in total. The largest absolute Gasteiger partial charge is 0.480 e. The normalized spacial score (nSPS) is 16.0. The predicted molar refractivity (Wildman–Crippen MR) is 287 cm³/mol. The van der Waals surface area contributed by atoms with Gasteiger partial charge in [0.05, 0.1) is 6.54 Å². The van der Waals surface area contributed by atoms with E-state index in [2.05, 4.69) is 79.8 Å². The van der Waals surface area contributed by atoms with Crippen molar-refractivity contribution in [1.82, 2.24) is 79.8 Å². The summed E-state index contributed by atoms with van der Waals surface area (Å²) in [6.45, 7) is 21.1. The van der Waals surface area contributed by atoms with Crippen LogP contribution >= 0.6 is 0 Å². The number of nitrogens with one attached hydrogen (secondary N) is 15. The molecule has 0 aromatic heterocycles. The van der Waals surface area contributed by atoms with E-state index in [1.54, 1.807) is 13.8 Å². The number of hydrogen-bond acceptors (Lipinski definition) is 16. The summed E-state index contributed by atoms with van der Waals surface area (Å²) in [6, 6.07) is -16.7. The Bertz CT molecular complexity index is 2350. The van der Waals surface area contributed by atoms with E-state index in [0.29, 0.717) is 0 Å². The Balaban J connectivity index is 5.04. The van der Waals surface area contributed by atoms with Crippen LogP contribution in [0.15, 0.2) is 0 Å². The summed E-state index contributed by atoms with van der Waals surface area (Å²) in [5.41, 5.74) is 0. The smallest absolute Gasteiger partial charge is 0.325 e. The minimum atomic E-state index is -1.29. The molecule has 0 saturated carbocycles. The number of carboxylic acid groups (broad SMARTS) is 1. The summed E-state index contributed by atoms with van der Waals surface area (Å²) in [5.74, 6) is -13.0. The van der Waals surface area contributed by atoms with Crippen LogP contribution in [0.1, 0.15) is 117 Å². The summed E-state index contributed by atoms with van der Waals surface area (Å²) < 4.78 is 0. The first-order valence-corrected chi connectivity index (χ1v) is 26.0. The Morgan fingerprint density at radius 3 is 0.728 bits per heavy atom. The molecule has 0 aromatic rings. The van der Waals surface area contributed by atoms with Gasteiger partial charge in [-0.3, -0.25) is 76.7 Å². The third kappa shape index (κ3) is 27.3. The summed E-state index contributed by atoms with van der Waals surface area (Å²) in [6.07, 6.45) is 0.109. The molecule has 0 rings (SSSR count). The monoisotopic (exact) mass is 1150 g/mol. The van der Waals surface area contributed by atoms with Gasteiger partial charge in [-0.15, -0.1) is 0 Å². The van der Waals surface area contributed by atoms with E-state index >= 15 is 0 Å². The fourth-order valence-electron chi connectivity index (χ4n) is 6.46. The number of amides is 15. The fraction of sp³-hybridized carbons (Fsp3) is 0.673. The van der Waals surface area contributed by atoms with Crippen molar-refractivity contribution in [2.45, 2.75) is 202 Å². The van der Waals surface area contributed by atoms with E-state index in [1.165, 1.54) is 96.9 Å². The summed E-state index contributed by atoms with van der Waals surface area (Å²) in [4.78, 5) is 201. The molecule has 456 valence electrons. The van der Waals surface area contributed by atoms with Crippen LogP contribution in [0.4, 0.5) is 0 Å². The molecule has 0 spiro atoms. The number of hydrogen-bond donors (Lipinski definition) is 16. The van der Waals surface area contributed by atoms with Gasteiger partial charge in [0.1, 0.15) is 84.6 Å². The summed E-state index contributed by atoms with van der Waals surface area (Å²) in [5, 5.41) is 44.6. The van der Waals surface area contributed by atoms with E-state index in [9.17, 15) is 76.7 Å². The molecule has 0 saturated heterocycles. The lowest BCUT2D eigenvalue weighted by Gasteiger charge is -2.25. The molecular formula is C49H83N15O17. The Morgan fingerprint density at radius 1 is 0.272 bits per heavy atom. The zero-order chi connectivity index (χ0) is 62.9. The lowest BCUT2D eigenvalue weighted by molar-refractivity contribution is -0.141. The van der Waals surface area contributed by atoms with Gasteiger partial charge in [0, 0.05) is 6.92 Å². The molecular weight excluding hydrogens is 1070 g/mol. The van der Waals surface area contributed by atoms with Gasteiger partial charge in [-0.25, -0.2) is 0 Å². The van der Waals surface area contributed by atoms with Gasteiger partial charge in [0.25, 0.3) is 0 Å². The molecule has 0 fully saturated rings. The van der Waals surface area contributed by atoms with Crippen molar-refractivity contribution in [1.29, 1.82) is 0 Å². The molecule has 15 amide bonds. The Morgan fingerprint density at radius 2 is 0.481 bits per heavy atom. The first-order chi connectivity index (χ1) is 37.3. The van der Waals surface area contributed by atoms with E-state index in [-0.39, 0.29) is 12.3 Å². The van der Waals surface area contributed by atoms with Crippen molar-refractivity contribution in [2.24, 2.45) is 5.92 Å². The van der Waals surface area contributed by atoms with Crippen LogP contribution in [0, 0.1) is 5.92 Å². The molecule has 32 heteroatoms. The van der Waals surface area contributed by atoms with Gasteiger partial charge in [-0.1, -0.05) is 13.8 Å². The zero-order valence-corrected chi connectivity index (χ0v) is 48.6. The molecule has 0 aliphatic carbocycles. The molecule has 0 bridgehead atoms. The number of aliphatic carboxylic acids is 1. The van der Waals surface area contributed by atoms with Gasteiger partial charge >= 0.3 is 5.97 Å². The molecule has 14 atom stereocenters. The second-order valence-corrected chi connectivity index (χ2v) is 20.0. The maximum atomic E-state index is 13.2. The number of carbonyl (C=O) groups is 16. The highest BCUT2D eigenvalue weighted by Crippen LogP contribution is 2.07. The summed E-state index contributed by atoms with van der Waals surface area (Å²) in [7, 11) is 0. The van der Waals surface area contributed by atoms with Crippen molar-refractivity contribution >= 4 is 94.6 Å². The lowest BCUT2D eigenvalue weighted by Crippen LogP contribution is -2.58. The molecule has 32 nitrogen and oxygen atoms in total. The number of rotatable bonds is 32. The van der Waals surface area contributed by atoms with Crippen LogP contribution in [-0.4, -0.2) is 191 Å². The maximum absolute atomic E-state index is 13.2. The molecule has 0 unspecified atom stereocenters. The second kappa shape index (κ2) is 34.5. The van der Waals surface area contributed by atoms with E-state index in [4.69, 9.17) is 5.11 Å². The van der Waals surface area contributed by atoms with E-state index in [1.807, 2.05) is 0 Å². The minimum absolute atomic E-state index is 0.109. The van der Waals surface area contributed by atoms with E-state index in [0.717, 1.165) is 0 Å². The molecule has 81 heavy (non-hydrogen) atoms. The minimum Gasteiger partial charge on any atom is -0.480 e. The van der Waals surface area contributed by atoms with Crippen LogP contribution in [0.5, 0.6) is 0 Å². The third-order valence-corrected chi connectivity index (χ3v) is 11.6. The topological polar surface area (TPSA) is 474 Å². The van der Waals surface area contributed by atoms with Crippen molar-refractivity contribution < 1.29 is 81.8 Å². The van der Waals surface area contributed by atoms with Crippen molar-refractivity contribution in [3.8, 4) is 0 Å². The maximum Gasteiger partial charge on any atom is 0.325 e. The van der Waals surface area contributed by atoms with Gasteiger partial charge in [-0.05, 0) is 102 Å². The van der Waals surface area contributed by atoms with Gasteiger partial charge in [-0.2, -0.15) is 0 Å². The average Bonchev–Trinajstić information content (AvgIpc) is 3.36. The highest BCUT2D eigenvalue weighted by atomic mass is 16.4. The van der Waals surface area contributed by atoms with Gasteiger partial charge in [0.15, 0.2) is 0 Å². The first-order valence-electron chi connectivity index (χ1n) is 26.0. The molecule has 0 aliphatic rings. The molecule has 0 aliphatic heterocycles. The number of carboxylic acids is 1. The summed E-state index contributed by atoms with van der Waals surface area (Å²) >= 11 is 0. The lowest BCUT2D eigenvalue weighted by atomic mass is 10.0. The quantitative estimate of drug-likeness (QED) is 0.0298. The van der Waals surface area contributed by atoms with Crippen LogP contribution in [0.3, 0.4) is 0 Å². The van der Waals surface area contributed by atoms with Crippen molar-refractivity contribution in [3.05, 3.63) is 0 Å². The zero-order valence-electron chi connectivity index (χ0n) is 48.6. The highest BCUT2D eigenvalue weighted by molar-refractivity contribution is 5.99. The second-order valence-electron chi connectivity index (χ2n) is 20.0. The highest BCUT2D eigenvalue weighted by Gasteiger charge is 2.32. The van der Waals surface area contributed by atoms with Gasteiger partial charge in [0.2, 0.25) is 88.6 Å². The standard InChI is InChI=1S/C49H83N15O17/c1-19(2)17-34(48(79)62-30(13)45(76)60-29(12)46(77)63-32(15)49(80)81)64-47(78)31(14)61-44(75)25(8)55-38(69)22(5)52-35(66)18-50-36(67)20(3)53-39(70)23(6)56-41(72)26(9)58-43(74)28(11)59-42(73)27(10)57-40(71)24(7)54-37(68)21(4)51-33(16)65/h19-32,34H,17-18H2,1-16H3,(H,50,67)(H,51,65)(H,52,66)(H,53,70)(H,54,68)(H,55,69)(H,56,72)(H,57,71)(H,58,74)(H,59,73)(H,60,76)(H,61,75)(H,62,79)(H,63,77)(H,64,78)(H,80,81)/t20-,21-,22-,23-,24-,25-,26-,27-,28-,29-,30-,31-,32-,34-/m0/s1. The fourth-order valence-corrected chi connectivity index (χ4v) is 6.46. The van der Waals surface area contributed by atoms with Crippen LogP contribution in [0.2, 0.25) is 0 Å². The van der Waals surface area contributed by atoms with Gasteiger partial charge < -0.3 is 84.9 Å². The molecule has 0 radical (unpaired) electrons. The average molecular weight is 1150 g/mol. The number of carbonyl (C=O) groups excluding carboxylic acids is 15. The van der Waals surface area contributed by atoms with Crippen LogP contribution in [0.25, 0.3) is 0 Å². The van der Waals surface area contributed by atoms with E-state index < -0.39 is 186 Å². The van der Waals surface area contributed by atoms with Crippen LogP contribution in [-0.2, 0) is 76.7 Å². The third-order valence-electron chi connectivity index (χ3n) is 11.6. The van der Waals surface area contributed by atoms with Crippen LogP contribution < -0.4 is 79.8 Å². The Labute approximate surface area is 469 Å².